The van der Waals surface area contributed by atoms with E-state index >= 15 is 0 Å². The number of hydrogen-bond donors (Lipinski definition) is 1. The Bertz CT molecular complexity index is 1100. The van der Waals surface area contributed by atoms with Gasteiger partial charge in [-0.3, -0.25) is 10.1 Å². The number of methoxy groups -OCH3 is 1. The summed E-state index contributed by atoms with van der Waals surface area (Å²) in [5, 5.41) is 12.8. The number of nitrogens with zero attached hydrogens (tertiary/aromatic N) is 2. The lowest BCUT2D eigenvalue weighted by atomic mass is 9.86. The van der Waals surface area contributed by atoms with E-state index in [1.54, 1.807) is 7.11 Å². The summed E-state index contributed by atoms with van der Waals surface area (Å²) in [5.41, 5.74) is 3.65. The van der Waals surface area contributed by atoms with Crippen molar-refractivity contribution < 1.29 is 9.53 Å². The number of ether oxygens (including phenoxy) is 1. The Morgan fingerprint density at radius 3 is 2.57 bits per heavy atom. The van der Waals surface area contributed by atoms with E-state index in [4.69, 9.17) is 10.00 Å². The van der Waals surface area contributed by atoms with E-state index in [-0.39, 0.29) is 29.4 Å². The molecule has 1 saturated heterocycles. The molecule has 1 aliphatic heterocycles. The van der Waals surface area contributed by atoms with Crippen LogP contribution in [0, 0.1) is 29.1 Å². The first-order valence-corrected chi connectivity index (χ1v) is 13.9. The maximum Gasteiger partial charge on any atom is 0.227 e. The van der Waals surface area contributed by atoms with Crippen LogP contribution < -0.4 is 10.1 Å². The molecule has 1 heterocycles. The second kappa shape index (κ2) is 11.7. The van der Waals surface area contributed by atoms with Gasteiger partial charge in [-0.25, -0.2) is 0 Å². The molecule has 1 amide bonds. The van der Waals surface area contributed by atoms with Gasteiger partial charge < -0.3 is 9.64 Å². The minimum absolute atomic E-state index is 0.0222. The standard InChI is InChI=1S/C32H43N3O2/c1-22-18-23(10-9-17-33)19-27(22)31(36)35-28(24-11-7-6-8-12-24)14-16-30(35)34-21-25-20-26(32(2,3)4)13-15-29(25)37-5/h6-8,11-13,15,20,22-23,27-28,30,34H,9-10,14,16,18-19,21H2,1-5H3/t22-,23-,27+,28?,30?/m1/s1. The highest BCUT2D eigenvalue weighted by Crippen LogP contribution is 2.44. The third-order valence-electron chi connectivity index (χ3n) is 8.46. The predicted octanol–water partition coefficient (Wildman–Crippen LogP) is 6.74. The zero-order valence-electron chi connectivity index (χ0n) is 23.2. The highest BCUT2D eigenvalue weighted by Gasteiger charge is 2.44. The Balaban J connectivity index is 1.57. The van der Waals surface area contributed by atoms with Crippen LogP contribution in [0.1, 0.15) is 89.0 Å². The van der Waals surface area contributed by atoms with E-state index in [0.29, 0.717) is 24.8 Å². The number of rotatable bonds is 8. The second-order valence-electron chi connectivity index (χ2n) is 12.0. The van der Waals surface area contributed by atoms with E-state index in [2.05, 4.69) is 86.4 Å². The minimum Gasteiger partial charge on any atom is -0.496 e. The van der Waals surface area contributed by atoms with Gasteiger partial charge in [0, 0.05) is 24.4 Å². The molecular weight excluding hydrogens is 458 g/mol. The maximum absolute atomic E-state index is 14.2. The summed E-state index contributed by atoms with van der Waals surface area (Å²) in [6, 6.07) is 19.3. The van der Waals surface area contributed by atoms with Crippen molar-refractivity contribution in [3.05, 3.63) is 65.2 Å². The number of amides is 1. The number of likely N-dealkylation sites (tertiary alicyclic amines) is 1. The van der Waals surface area contributed by atoms with Crippen LogP contribution in [-0.4, -0.2) is 24.1 Å². The molecule has 2 aromatic carbocycles. The quantitative estimate of drug-likeness (QED) is 0.435. The Labute approximate surface area is 223 Å². The monoisotopic (exact) mass is 501 g/mol. The lowest BCUT2D eigenvalue weighted by Crippen LogP contribution is -2.48. The maximum atomic E-state index is 14.2. The highest BCUT2D eigenvalue weighted by atomic mass is 16.5. The Hall–Kier alpha value is -2.84. The number of carbonyl (C=O) groups excluding carboxylic acids is 1. The van der Waals surface area contributed by atoms with E-state index in [1.165, 1.54) is 11.1 Å². The molecule has 4 rings (SSSR count). The molecule has 1 saturated carbocycles. The van der Waals surface area contributed by atoms with Gasteiger partial charge in [0.05, 0.1) is 25.4 Å². The van der Waals surface area contributed by atoms with Crippen molar-refractivity contribution in [1.82, 2.24) is 10.2 Å². The average Bonchev–Trinajstić information content (AvgIpc) is 3.48. The van der Waals surface area contributed by atoms with Crippen molar-refractivity contribution in [2.45, 2.75) is 90.4 Å². The van der Waals surface area contributed by atoms with E-state index in [0.717, 1.165) is 43.4 Å². The molecule has 0 aromatic heterocycles. The number of benzene rings is 2. The lowest BCUT2D eigenvalue weighted by molar-refractivity contribution is -0.140. The molecule has 2 aliphatic rings. The third kappa shape index (κ3) is 6.18. The molecular formula is C32H43N3O2. The number of carbonyl (C=O) groups is 1. The van der Waals surface area contributed by atoms with Crippen molar-refractivity contribution >= 4 is 5.91 Å². The lowest BCUT2D eigenvalue weighted by Gasteiger charge is -2.34. The smallest absolute Gasteiger partial charge is 0.227 e. The van der Waals surface area contributed by atoms with E-state index in [9.17, 15) is 4.79 Å². The molecule has 2 aromatic rings. The minimum atomic E-state index is -0.0222. The van der Waals surface area contributed by atoms with Gasteiger partial charge in [-0.1, -0.05) is 70.2 Å². The normalized spacial score (nSPS) is 25.7. The van der Waals surface area contributed by atoms with Crippen LogP contribution in [-0.2, 0) is 16.8 Å². The van der Waals surface area contributed by atoms with Crippen LogP contribution in [0.4, 0.5) is 0 Å². The Morgan fingerprint density at radius 2 is 1.89 bits per heavy atom. The summed E-state index contributed by atoms with van der Waals surface area (Å²) in [6.07, 6.45) is 5.26. The van der Waals surface area contributed by atoms with Crippen LogP contribution in [0.15, 0.2) is 48.5 Å². The second-order valence-corrected chi connectivity index (χ2v) is 12.0. The van der Waals surface area contributed by atoms with E-state index < -0.39 is 0 Å². The fraction of sp³-hybridized carbons (Fsp3) is 0.562. The molecule has 5 heteroatoms. The van der Waals surface area contributed by atoms with Gasteiger partial charge in [-0.2, -0.15) is 5.26 Å². The summed E-state index contributed by atoms with van der Waals surface area (Å²) in [5.74, 6) is 1.98. The molecule has 198 valence electrons. The van der Waals surface area contributed by atoms with Crippen LogP contribution in [0.3, 0.4) is 0 Å². The van der Waals surface area contributed by atoms with Crippen molar-refractivity contribution in [1.29, 1.82) is 5.26 Å². The van der Waals surface area contributed by atoms with Gasteiger partial charge in [-0.05, 0) is 66.5 Å². The molecule has 0 radical (unpaired) electrons. The fourth-order valence-electron chi connectivity index (χ4n) is 6.35. The first kappa shape index (κ1) is 27.2. The molecule has 5 atom stereocenters. The molecule has 37 heavy (non-hydrogen) atoms. The molecule has 1 aliphatic carbocycles. The highest BCUT2D eigenvalue weighted by molar-refractivity contribution is 5.80. The van der Waals surface area contributed by atoms with Crippen LogP contribution in [0.2, 0.25) is 0 Å². The van der Waals surface area contributed by atoms with Gasteiger partial charge in [0.15, 0.2) is 0 Å². The summed E-state index contributed by atoms with van der Waals surface area (Å²) in [7, 11) is 1.72. The molecule has 2 fully saturated rings. The van der Waals surface area contributed by atoms with Crippen LogP contribution in [0.5, 0.6) is 5.75 Å². The molecule has 5 nitrogen and oxygen atoms in total. The van der Waals surface area contributed by atoms with Crippen molar-refractivity contribution in [3.8, 4) is 11.8 Å². The topological polar surface area (TPSA) is 65.4 Å². The fourth-order valence-corrected chi connectivity index (χ4v) is 6.35. The molecule has 0 spiro atoms. The predicted molar refractivity (Wildman–Crippen MR) is 148 cm³/mol. The summed E-state index contributed by atoms with van der Waals surface area (Å²) in [4.78, 5) is 16.3. The molecule has 0 bridgehead atoms. The van der Waals surface area contributed by atoms with Gasteiger partial charge in [0.25, 0.3) is 0 Å². The summed E-state index contributed by atoms with van der Waals surface area (Å²) >= 11 is 0. The Kier molecular flexibility index (Phi) is 8.60. The zero-order chi connectivity index (χ0) is 26.6. The molecule has 2 unspecified atom stereocenters. The van der Waals surface area contributed by atoms with Crippen LogP contribution in [0.25, 0.3) is 0 Å². The number of nitriles is 1. The van der Waals surface area contributed by atoms with Crippen LogP contribution >= 0.6 is 0 Å². The van der Waals surface area contributed by atoms with Crippen molar-refractivity contribution in [3.63, 3.8) is 0 Å². The SMILES string of the molecule is COc1ccc(C(C)(C)C)cc1CNC1CCC(c2ccccc2)N1C(=O)[C@H]1C[C@H](CCC#N)C[C@H]1C. The largest absolute Gasteiger partial charge is 0.496 e. The van der Waals surface area contributed by atoms with E-state index in [1.807, 2.05) is 6.07 Å². The Morgan fingerprint density at radius 1 is 1.14 bits per heavy atom. The average molecular weight is 502 g/mol. The first-order valence-electron chi connectivity index (χ1n) is 13.9. The van der Waals surface area contributed by atoms with Gasteiger partial charge in [-0.15, -0.1) is 0 Å². The first-order chi connectivity index (χ1) is 17.7. The number of nitrogens with one attached hydrogen (secondary N) is 1. The molecule has 1 N–H and O–H groups in total. The summed E-state index contributed by atoms with van der Waals surface area (Å²) in [6.45, 7) is 9.53. The summed E-state index contributed by atoms with van der Waals surface area (Å²) < 4.78 is 5.69. The van der Waals surface area contributed by atoms with Crippen molar-refractivity contribution in [2.24, 2.45) is 17.8 Å². The van der Waals surface area contributed by atoms with Gasteiger partial charge >= 0.3 is 0 Å². The third-order valence-corrected chi connectivity index (χ3v) is 8.46. The number of hydrogen-bond acceptors (Lipinski definition) is 4. The zero-order valence-corrected chi connectivity index (χ0v) is 23.2. The van der Waals surface area contributed by atoms with Gasteiger partial charge in [0.1, 0.15) is 5.75 Å². The van der Waals surface area contributed by atoms with Gasteiger partial charge in [0.2, 0.25) is 5.91 Å². The van der Waals surface area contributed by atoms with Crippen molar-refractivity contribution in [2.75, 3.05) is 7.11 Å².